The van der Waals surface area contributed by atoms with Crippen molar-refractivity contribution >= 4 is 17.6 Å². The highest BCUT2D eigenvalue weighted by Gasteiger charge is 2.17. The number of carbonyl (C=O) groups excluding carboxylic acids is 1. The van der Waals surface area contributed by atoms with Crippen LogP contribution in [0.2, 0.25) is 0 Å². The molecule has 4 aromatic rings. The van der Waals surface area contributed by atoms with Crippen molar-refractivity contribution in [2.45, 2.75) is 42.0 Å². The van der Waals surface area contributed by atoms with Crippen molar-refractivity contribution in [1.82, 2.24) is 24.4 Å². The molecular formula is C28H29N7O2. The normalized spacial score (nSPS) is 12.0. The molecule has 0 atom stereocenters. The van der Waals surface area contributed by atoms with E-state index in [2.05, 4.69) is 20.2 Å². The van der Waals surface area contributed by atoms with E-state index in [0.717, 1.165) is 22.5 Å². The SMILES string of the molecule is C.CC=N/C(C)=C\C=C(/C)Oc1cnc2c(-c3ccc(C(C)=O)c(-n4nc(C#N)cc4C)c3)cnn2c1. The number of Topliss-reactive ketones (excluding diaryl/α,β-unsaturated/α-hetero) is 1. The molecule has 0 spiro atoms. The fourth-order valence-electron chi connectivity index (χ4n) is 3.76. The summed E-state index contributed by atoms with van der Waals surface area (Å²) >= 11 is 0. The summed E-state index contributed by atoms with van der Waals surface area (Å²) in [6.07, 6.45) is 10.6. The molecule has 0 unspecified atom stereocenters. The molecule has 0 saturated carbocycles. The molecule has 188 valence electrons. The van der Waals surface area contributed by atoms with Crippen LogP contribution in [0.1, 0.15) is 56.9 Å². The molecule has 0 saturated heterocycles. The van der Waals surface area contributed by atoms with E-state index in [9.17, 15) is 10.1 Å². The van der Waals surface area contributed by atoms with Crippen LogP contribution < -0.4 is 4.74 Å². The molecule has 0 fully saturated rings. The van der Waals surface area contributed by atoms with Gasteiger partial charge < -0.3 is 4.74 Å². The van der Waals surface area contributed by atoms with Crippen LogP contribution in [0.15, 0.2) is 71.5 Å². The van der Waals surface area contributed by atoms with Gasteiger partial charge in [-0.1, -0.05) is 13.5 Å². The number of fused-ring (bicyclic) bond motifs is 1. The molecule has 9 nitrogen and oxygen atoms in total. The van der Waals surface area contributed by atoms with Gasteiger partial charge in [-0.15, -0.1) is 0 Å². The Morgan fingerprint density at radius 1 is 1.16 bits per heavy atom. The van der Waals surface area contributed by atoms with Gasteiger partial charge in [-0.2, -0.15) is 15.5 Å². The average molecular weight is 496 g/mol. The molecule has 0 aliphatic heterocycles. The van der Waals surface area contributed by atoms with Gasteiger partial charge in [0.05, 0.1) is 24.3 Å². The lowest BCUT2D eigenvalue weighted by atomic mass is 10.0. The highest BCUT2D eigenvalue weighted by molar-refractivity contribution is 5.98. The summed E-state index contributed by atoms with van der Waals surface area (Å²) < 4.78 is 9.13. The Morgan fingerprint density at radius 3 is 2.62 bits per heavy atom. The molecule has 0 N–H and O–H groups in total. The van der Waals surface area contributed by atoms with Crippen LogP contribution in [0.25, 0.3) is 22.5 Å². The summed E-state index contributed by atoms with van der Waals surface area (Å²) in [6.45, 7) is 8.97. The van der Waals surface area contributed by atoms with Gasteiger partial charge in [0.25, 0.3) is 0 Å². The van der Waals surface area contributed by atoms with Crippen LogP contribution in [0.3, 0.4) is 0 Å². The zero-order chi connectivity index (χ0) is 25.8. The predicted molar refractivity (Wildman–Crippen MR) is 144 cm³/mol. The lowest BCUT2D eigenvalue weighted by Gasteiger charge is -2.11. The first-order valence-electron chi connectivity index (χ1n) is 11.3. The maximum atomic E-state index is 12.3. The largest absolute Gasteiger partial charge is 0.459 e. The maximum Gasteiger partial charge on any atom is 0.163 e. The lowest BCUT2D eigenvalue weighted by molar-refractivity contribution is 0.101. The zero-order valence-corrected chi connectivity index (χ0v) is 20.7. The van der Waals surface area contributed by atoms with Gasteiger partial charge in [-0.25, -0.2) is 14.2 Å². The van der Waals surface area contributed by atoms with Gasteiger partial charge >= 0.3 is 0 Å². The van der Waals surface area contributed by atoms with E-state index in [1.165, 1.54) is 6.92 Å². The standard InChI is InChI=1S/C27H25N7O2.CH4/c1-6-29-17(2)7-8-19(4)36-23-14-30-27-25(15-31-33(27)16-23)21-9-10-24(20(5)35)26(12-21)34-18(3)11-22(13-28)32-34;/h6-12,14-16H,1-5H3;1H4/b17-7-,19-8+,29-6?;. The van der Waals surface area contributed by atoms with Gasteiger partial charge in [-0.3, -0.25) is 9.79 Å². The molecule has 3 heterocycles. The van der Waals surface area contributed by atoms with Crippen molar-refractivity contribution < 1.29 is 9.53 Å². The number of benzene rings is 1. The number of rotatable bonds is 7. The van der Waals surface area contributed by atoms with E-state index >= 15 is 0 Å². The minimum absolute atomic E-state index is 0. The second kappa shape index (κ2) is 11.3. The van der Waals surface area contributed by atoms with Crippen LogP contribution in [0, 0.1) is 18.3 Å². The number of ketones is 1. The number of aryl methyl sites for hydroxylation is 1. The van der Waals surface area contributed by atoms with Crippen molar-refractivity contribution in [3.8, 4) is 28.6 Å². The number of aromatic nitrogens is 5. The Hall–Kier alpha value is -4.84. The molecule has 0 aliphatic rings. The van der Waals surface area contributed by atoms with Gasteiger partial charge in [0.1, 0.15) is 11.8 Å². The lowest BCUT2D eigenvalue weighted by Crippen LogP contribution is -2.07. The fourth-order valence-corrected chi connectivity index (χ4v) is 3.76. The zero-order valence-electron chi connectivity index (χ0n) is 20.7. The summed E-state index contributed by atoms with van der Waals surface area (Å²) in [5.74, 6) is 1.13. The highest BCUT2D eigenvalue weighted by atomic mass is 16.5. The van der Waals surface area contributed by atoms with Crippen molar-refractivity contribution in [2.75, 3.05) is 0 Å². The first kappa shape index (κ1) is 26.8. The predicted octanol–water partition coefficient (Wildman–Crippen LogP) is 5.88. The highest BCUT2D eigenvalue weighted by Crippen LogP contribution is 2.29. The second-order valence-corrected chi connectivity index (χ2v) is 8.17. The molecule has 0 aliphatic carbocycles. The maximum absolute atomic E-state index is 12.3. The number of nitriles is 1. The molecule has 9 heteroatoms. The average Bonchev–Trinajstić information content (AvgIpc) is 3.45. The van der Waals surface area contributed by atoms with E-state index in [1.54, 1.807) is 46.1 Å². The number of nitrogens with zero attached hydrogens (tertiary/aromatic N) is 7. The Labute approximate surface area is 216 Å². The van der Waals surface area contributed by atoms with E-state index in [-0.39, 0.29) is 18.9 Å². The van der Waals surface area contributed by atoms with E-state index in [4.69, 9.17) is 4.74 Å². The number of aliphatic imine (C=N–C) groups is 1. The molecule has 0 bridgehead atoms. The number of hydrogen-bond donors (Lipinski definition) is 0. The first-order chi connectivity index (χ1) is 17.3. The molecule has 0 radical (unpaired) electrons. The van der Waals surface area contributed by atoms with Gasteiger partial charge in [0, 0.05) is 28.7 Å². The minimum Gasteiger partial charge on any atom is -0.459 e. The van der Waals surface area contributed by atoms with E-state index < -0.39 is 0 Å². The van der Waals surface area contributed by atoms with Crippen LogP contribution in [-0.2, 0) is 0 Å². The number of carbonyl (C=O) groups is 1. The van der Waals surface area contributed by atoms with E-state index in [1.807, 2.05) is 58.0 Å². The van der Waals surface area contributed by atoms with Crippen LogP contribution in [-0.4, -0.2) is 36.4 Å². The fraction of sp³-hybridized carbons (Fsp3) is 0.214. The summed E-state index contributed by atoms with van der Waals surface area (Å²) in [5.41, 5.74) is 5.23. The second-order valence-electron chi connectivity index (χ2n) is 8.17. The van der Waals surface area contributed by atoms with Crippen LogP contribution in [0.4, 0.5) is 0 Å². The summed E-state index contributed by atoms with van der Waals surface area (Å²) in [5, 5.41) is 18.0. The number of ether oxygens (including phenoxy) is 1. The van der Waals surface area contributed by atoms with Crippen LogP contribution >= 0.6 is 0 Å². The number of allylic oxidation sites excluding steroid dienone is 4. The Bertz CT molecular complexity index is 1600. The molecule has 3 aromatic heterocycles. The molecule has 37 heavy (non-hydrogen) atoms. The third kappa shape index (κ3) is 5.70. The molecular weight excluding hydrogens is 466 g/mol. The Balaban J connectivity index is 0.00000380. The minimum atomic E-state index is -0.0975. The van der Waals surface area contributed by atoms with Crippen molar-refractivity contribution in [2.24, 2.45) is 4.99 Å². The van der Waals surface area contributed by atoms with Gasteiger partial charge in [0.15, 0.2) is 22.9 Å². The van der Waals surface area contributed by atoms with Gasteiger partial charge in [-0.05, 0) is 70.5 Å². The summed E-state index contributed by atoms with van der Waals surface area (Å²) in [4.78, 5) is 21.1. The van der Waals surface area contributed by atoms with Gasteiger partial charge in [0.2, 0.25) is 0 Å². The smallest absolute Gasteiger partial charge is 0.163 e. The monoisotopic (exact) mass is 495 g/mol. The number of hydrogen-bond acceptors (Lipinski definition) is 7. The molecule has 1 aromatic carbocycles. The summed E-state index contributed by atoms with van der Waals surface area (Å²) in [6, 6.07) is 9.20. The topological polar surface area (TPSA) is 110 Å². The third-order valence-electron chi connectivity index (χ3n) is 5.42. The first-order valence-corrected chi connectivity index (χ1v) is 11.3. The van der Waals surface area contributed by atoms with E-state index in [0.29, 0.717) is 28.4 Å². The molecule has 4 rings (SSSR count). The Morgan fingerprint density at radius 2 is 1.95 bits per heavy atom. The summed E-state index contributed by atoms with van der Waals surface area (Å²) in [7, 11) is 0. The quantitative estimate of drug-likeness (QED) is 0.137. The molecule has 0 amide bonds. The Kier molecular flexibility index (Phi) is 8.15. The van der Waals surface area contributed by atoms with Crippen molar-refractivity contribution in [1.29, 1.82) is 5.26 Å². The van der Waals surface area contributed by atoms with Crippen LogP contribution in [0.5, 0.6) is 5.75 Å². The van der Waals surface area contributed by atoms with Crippen molar-refractivity contribution in [3.63, 3.8) is 0 Å². The third-order valence-corrected chi connectivity index (χ3v) is 5.42. The van der Waals surface area contributed by atoms with Crippen molar-refractivity contribution in [3.05, 3.63) is 83.4 Å².